The van der Waals surface area contributed by atoms with Crippen LogP contribution in [0.25, 0.3) is 0 Å². The molecule has 104 valence electrons. The lowest BCUT2D eigenvalue weighted by atomic mass is 10.0. The van der Waals surface area contributed by atoms with E-state index in [-0.39, 0.29) is 17.7 Å². The van der Waals surface area contributed by atoms with Crippen LogP contribution in [0.4, 0.5) is 0 Å². The number of hydrogen-bond acceptors (Lipinski definition) is 3. The number of nitrogens with zero attached hydrogens (tertiary/aromatic N) is 1. The Bertz CT molecular complexity index is 609. The van der Waals surface area contributed by atoms with E-state index in [1.54, 1.807) is 4.90 Å². The summed E-state index contributed by atoms with van der Waals surface area (Å²) >= 11 is 0. The number of rotatable bonds is 1. The maximum Gasteiger partial charge on any atom is 0.255 e. The van der Waals surface area contributed by atoms with Gasteiger partial charge in [0.05, 0.1) is 0 Å². The Morgan fingerprint density at radius 3 is 2.80 bits per heavy atom. The normalized spacial score (nSPS) is 22.6. The minimum atomic E-state index is -0.541. The van der Waals surface area contributed by atoms with Crippen LogP contribution in [0.1, 0.15) is 40.7 Å². The molecule has 0 unspecified atom stereocenters. The Kier molecular flexibility index (Phi) is 3.04. The lowest BCUT2D eigenvalue weighted by Gasteiger charge is -2.24. The van der Waals surface area contributed by atoms with Gasteiger partial charge in [0.1, 0.15) is 6.04 Å². The van der Waals surface area contributed by atoms with E-state index < -0.39 is 6.04 Å². The number of amides is 3. The largest absolute Gasteiger partial charge is 0.322 e. The molecule has 1 aromatic carbocycles. The highest BCUT2D eigenvalue weighted by atomic mass is 16.2. The summed E-state index contributed by atoms with van der Waals surface area (Å²) in [7, 11) is 0. The SMILES string of the molecule is Cc1cccc2c1C(=O)N([C@H]1CCCC(=O)NC1=O)C2. The van der Waals surface area contributed by atoms with Crippen molar-refractivity contribution in [2.75, 3.05) is 0 Å². The fourth-order valence-electron chi connectivity index (χ4n) is 2.98. The molecule has 3 amide bonds. The van der Waals surface area contributed by atoms with Gasteiger partial charge in [-0.15, -0.1) is 0 Å². The Hall–Kier alpha value is -2.17. The second-order valence-electron chi connectivity index (χ2n) is 5.36. The van der Waals surface area contributed by atoms with Crippen molar-refractivity contribution in [2.45, 2.75) is 38.8 Å². The summed E-state index contributed by atoms with van der Waals surface area (Å²) in [6.45, 7) is 2.35. The average Bonchev–Trinajstić information content (AvgIpc) is 2.63. The molecule has 2 aliphatic rings. The van der Waals surface area contributed by atoms with Gasteiger partial charge in [-0.3, -0.25) is 19.7 Å². The van der Waals surface area contributed by atoms with Gasteiger partial charge in [0.25, 0.3) is 5.91 Å². The molecular formula is C15H16N2O3. The van der Waals surface area contributed by atoms with Gasteiger partial charge < -0.3 is 4.90 Å². The van der Waals surface area contributed by atoms with Crippen molar-refractivity contribution < 1.29 is 14.4 Å². The smallest absolute Gasteiger partial charge is 0.255 e. The number of carbonyl (C=O) groups is 3. The number of nitrogens with one attached hydrogen (secondary N) is 1. The van der Waals surface area contributed by atoms with Gasteiger partial charge in [-0.25, -0.2) is 0 Å². The van der Waals surface area contributed by atoms with Gasteiger partial charge in [0, 0.05) is 18.5 Å². The summed E-state index contributed by atoms with van der Waals surface area (Å²) in [6.07, 6.45) is 1.51. The van der Waals surface area contributed by atoms with Crippen LogP contribution in [-0.2, 0) is 16.1 Å². The molecule has 5 heteroatoms. The molecule has 0 saturated carbocycles. The standard InChI is InChI=1S/C15H16N2O3/c1-9-4-2-5-10-8-17(15(20)13(9)10)11-6-3-7-12(18)16-14(11)19/h2,4-5,11H,3,6-8H2,1H3,(H,16,18,19)/t11-/m0/s1. The first-order valence-corrected chi connectivity index (χ1v) is 6.81. The Morgan fingerprint density at radius 1 is 1.25 bits per heavy atom. The van der Waals surface area contributed by atoms with E-state index in [9.17, 15) is 14.4 Å². The molecule has 0 aromatic heterocycles. The molecule has 2 aliphatic heterocycles. The molecule has 20 heavy (non-hydrogen) atoms. The quantitative estimate of drug-likeness (QED) is 0.780. The van der Waals surface area contributed by atoms with Crippen molar-refractivity contribution in [3.8, 4) is 0 Å². The fraction of sp³-hybridized carbons (Fsp3) is 0.400. The van der Waals surface area contributed by atoms with E-state index in [2.05, 4.69) is 5.32 Å². The summed E-state index contributed by atoms with van der Waals surface area (Å²) in [6, 6.07) is 5.19. The van der Waals surface area contributed by atoms with Crippen molar-refractivity contribution in [3.63, 3.8) is 0 Å². The number of benzene rings is 1. The summed E-state index contributed by atoms with van der Waals surface area (Å²) in [5.41, 5.74) is 2.59. The molecule has 1 fully saturated rings. The average molecular weight is 272 g/mol. The van der Waals surface area contributed by atoms with Gasteiger partial charge in [0.2, 0.25) is 11.8 Å². The van der Waals surface area contributed by atoms with Crippen LogP contribution in [0, 0.1) is 6.92 Å². The first-order chi connectivity index (χ1) is 9.58. The minimum Gasteiger partial charge on any atom is -0.322 e. The second-order valence-corrected chi connectivity index (χ2v) is 5.36. The molecule has 0 radical (unpaired) electrons. The van der Waals surface area contributed by atoms with Crippen molar-refractivity contribution in [1.82, 2.24) is 10.2 Å². The van der Waals surface area contributed by atoms with E-state index in [0.717, 1.165) is 11.1 Å². The predicted molar refractivity (Wildman–Crippen MR) is 71.8 cm³/mol. The zero-order valence-electron chi connectivity index (χ0n) is 11.3. The molecule has 1 saturated heterocycles. The summed E-state index contributed by atoms with van der Waals surface area (Å²) in [4.78, 5) is 37.5. The lowest BCUT2D eigenvalue weighted by molar-refractivity contribution is -0.132. The topological polar surface area (TPSA) is 66.5 Å². The van der Waals surface area contributed by atoms with Crippen LogP contribution in [0.15, 0.2) is 18.2 Å². The lowest BCUT2D eigenvalue weighted by Crippen LogP contribution is -2.47. The molecule has 3 rings (SSSR count). The van der Waals surface area contributed by atoms with E-state index in [1.807, 2.05) is 25.1 Å². The van der Waals surface area contributed by atoms with Gasteiger partial charge >= 0.3 is 0 Å². The van der Waals surface area contributed by atoms with Crippen LogP contribution in [0.2, 0.25) is 0 Å². The molecule has 0 spiro atoms. The van der Waals surface area contributed by atoms with Crippen LogP contribution >= 0.6 is 0 Å². The molecule has 0 aliphatic carbocycles. The maximum absolute atomic E-state index is 12.5. The van der Waals surface area contributed by atoms with Gasteiger partial charge in [-0.2, -0.15) is 0 Å². The predicted octanol–water partition coefficient (Wildman–Crippen LogP) is 1.15. The van der Waals surface area contributed by atoms with E-state index in [4.69, 9.17) is 0 Å². The molecule has 1 aromatic rings. The zero-order valence-corrected chi connectivity index (χ0v) is 11.3. The van der Waals surface area contributed by atoms with Gasteiger partial charge in [-0.1, -0.05) is 18.2 Å². The third kappa shape index (κ3) is 1.99. The van der Waals surface area contributed by atoms with E-state index in [0.29, 0.717) is 31.4 Å². The van der Waals surface area contributed by atoms with Gasteiger partial charge in [0.15, 0.2) is 0 Å². The number of carbonyl (C=O) groups excluding carboxylic acids is 3. The zero-order chi connectivity index (χ0) is 14.3. The van der Waals surface area contributed by atoms with Crippen LogP contribution in [0.3, 0.4) is 0 Å². The monoisotopic (exact) mass is 272 g/mol. The first-order valence-electron chi connectivity index (χ1n) is 6.81. The third-order valence-corrected chi connectivity index (χ3v) is 4.00. The van der Waals surface area contributed by atoms with Gasteiger partial charge in [-0.05, 0) is 30.9 Å². The van der Waals surface area contributed by atoms with Crippen LogP contribution in [0.5, 0.6) is 0 Å². The molecule has 2 heterocycles. The maximum atomic E-state index is 12.5. The summed E-state index contributed by atoms with van der Waals surface area (Å²) < 4.78 is 0. The third-order valence-electron chi connectivity index (χ3n) is 4.00. The van der Waals surface area contributed by atoms with Crippen molar-refractivity contribution in [1.29, 1.82) is 0 Å². The molecule has 1 N–H and O–H groups in total. The number of aryl methyl sites for hydroxylation is 1. The second kappa shape index (κ2) is 4.74. The van der Waals surface area contributed by atoms with E-state index in [1.165, 1.54) is 0 Å². The highest BCUT2D eigenvalue weighted by Gasteiger charge is 2.38. The highest BCUT2D eigenvalue weighted by molar-refractivity contribution is 6.04. The highest BCUT2D eigenvalue weighted by Crippen LogP contribution is 2.29. The molecule has 1 atom stereocenters. The minimum absolute atomic E-state index is 0.104. The number of fused-ring (bicyclic) bond motifs is 1. The van der Waals surface area contributed by atoms with Crippen molar-refractivity contribution in [3.05, 3.63) is 34.9 Å². The Labute approximate surface area is 116 Å². The molecular weight excluding hydrogens is 256 g/mol. The van der Waals surface area contributed by atoms with Crippen molar-refractivity contribution in [2.24, 2.45) is 0 Å². The molecule has 5 nitrogen and oxygen atoms in total. The summed E-state index contributed by atoms with van der Waals surface area (Å²) in [5, 5.41) is 2.36. The fourth-order valence-corrected chi connectivity index (χ4v) is 2.98. The van der Waals surface area contributed by atoms with E-state index >= 15 is 0 Å². The number of imide groups is 1. The Balaban J connectivity index is 1.90. The van der Waals surface area contributed by atoms with Crippen LogP contribution in [-0.4, -0.2) is 28.7 Å². The Morgan fingerprint density at radius 2 is 2.05 bits per heavy atom. The van der Waals surface area contributed by atoms with Crippen molar-refractivity contribution >= 4 is 17.7 Å². The van der Waals surface area contributed by atoms with Crippen LogP contribution < -0.4 is 5.32 Å². The number of hydrogen-bond donors (Lipinski definition) is 1. The first kappa shape index (κ1) is 12.8. The summed E-state index contributed by atoms with van der Waals surface area (Å²) in [5.74, 6) is -0.711. The molecule has 0 bridgehead atoms.